The van der Waals surface area contributed by atoms with Crippen LogP contribution in [0.2, 0.25) is 0 Å². The number of nitrogens with zero attached hydrogens (tertiary/aromatic N) is 2. The van der Waals surface area contributed by atoms with E-state index >= 15 is 0 Å². The molecule has 0 spiro atoms. The quantitative estimate of drug-likeness (QED) is 0.698. The second kappa shape index (κ2) is 6.74. The first-order chi connectivity index (χ1) is 13.4. The largest absolute Gasteiger partial charge is 0.489 e. The number of hydrogen-bond donors (Lipinski definition) is 2. The van der Waals surface area contributed by atoms with Crippen LogP contribution in [0.1, 0.15) is 23.7 Å². The van der Waals surface area contributed by atoms with Crippen LogP contribution in [0, 0.1) is 11.7 Å². The molecule has 1 aliphatic rings. The third-order valence-corrected chi connectivity index (χ3v) is 5.16. The molecule has 146 valence electrons. The van der Waals surface area contributed by atoms with Gasteiger partial charge in [-0.3, -0.25) is 14.0 Å². The molecule has 1 fully saturated rings. The van der Waals surface area contributed by atoms with Crippen molar-refractivity contribution in [2.45, 2.75) is 25.6 Å². The minimum atomic E-state index is -1.57. The fourth-order valence-corrected chi connectivity index (χ4v) is 3.74. The van der Waals surface area contributed by atoms with Crippen molar-refractivity contribution < 1.29 is 23.1 Å². The molecule has 1 aliphatic heterocycles. The summed E-state index contributed by atoms with van der Waals surface area (Å²) < 4.78 is 35.8. The first-order valence-electron chi connectivity index (χ1n) is 8.87. The number of hydrogen-bond acceptors (Lipinski definition) is 4. The van der Waals surface area contributed by atoms with E-state index in [0.717, 1.165) is 0 Å². The van der Waals surface area contributed by atoms with E-state index in [9.17, 15) is 18.4 Å². The number of halogens is 2. The smallest absolute Gasteiger partial charge is 0.255 e. The number of alkyl halides is 1. The Bertz CT molecular complexity index is 1100. The zero-order valence-corrected chi connectivity index (χ0v) is 15.0. The standard InChI is InChI=1S/C19H18F2N4O3/c1-2-9-13(24-19(27)15(9)21)8-28-14-4-3-12(20)10-7-11(17(22)26)18-23-5-6-25(18)16(10)14/h3-7,9,13,15H,2,8H2,1H3,(H2,22,26)(H,24,27). The van der Waals surface area contributed by atoms with Crippen molar-refractivity contribution in [1.82, 2.24) is 14.7 Å². The number of carbonyl (C=O) groups is 2. The Morgan fingerprint density at radius 1 is 1.43 bits per heavy atom. The molecule has 0 radical (unpaired) electrons. The molecular formula is C19H18F2N4O3. The highest BCUT2D eigenvalue weighted by Gasteiger charge is 2.41. The average Bonchev–Trinajstić information content (AvgIpc) is 3.25. The molecule has 3 heterocycles. The van der Waals surface area contributed by atoms with Gasteiger partial charge in [0, 0.05) is 23.7 Å². The lowest BCUT2D eigenvalue weighted by Gasteiger charge is -2.19. The molecule has 3 aromatic rings. The first-order valence-corrected chi connectivity index (χ1v) is 8.87. The summed E-state index contributed by atoms with van der Waals surface area (Å²) in [4.78, 5) is 27.5. The van der Waals surface area contributed by atoms with Crippen LogP contribution in [0.25, 0.3) is 16.6 Å². The molecule has 0 bridgehead atoms. The summed E-state index contributed by atoms with van der Waals surface area (Å²) in [5.74, 6) is -2.09. The monoisotopic (exact) mass is 388 g/mol. The Morgan fingerprint density at radius 3 is 2.93 bits per heavy atom. The highest BCUT2D eigenvalue weighted by Crippen LogP contribution is 2.32. The molecule has 3 unspecified atom stereocenters. The summed E-state index contributed by atoms with van der Waals surface area (Å²) in [6.07, 6.45) is 1.95. The van der Waals surface area contributed by atoms with E-state index < -0.39 is 35.8 Å². The Morgan fingerprint density at radius 2 is 2.21 bits per heavy atom. The molecule has 0 saturated carbocycles. The molecule has 9 heteroatoms. The Hall–Kier alpha value is -3.23. The number of nitrogens with two attached hydrogens (primary N) is 1. The summed E-state index contributed by atoms with van der Waals surface area (Å²) in [6, 6.07) is 3.52. The summed E-state index contributed by atoms with van der Waals surface area (Å²) in [7, 11) is 0. The number of carbonyl (C=O) groups excluding carboxylic acids is 2. The number of imidazole rings is 1. The van der Waals surface area contributed by atoms with Crippen molar-refractivity contribution in [2.75, 3.05) is 6.61 Å². The third kappa shape index (κ3) is 2.74. The maximum atomic E-state index is 14.5. The van der Waals surface area contributed by atoms with E-state index in [1.807, 2.05) is 0 Å². The van der Waals surface area contributed by atoms with Gasteiger partial charge < -0.3 is 15.8 Å². The third-order valence-electron chi connectivity index (χ3n) is 5.16. The number of pyridine rings is 1. The zero-order valence-electron chi connectivity index (χ0n) is 15.0. The van der Waals surface area contributed by atoms with Crippen LogP contribution in [0.15, 0.2) is 30.6 Å². The maximum Gasteiger partial charge on any atom is 0.255 e. The SMILES string of the molecule is CCC1C(COc2ccc(F)c3cc(C(N)=O)c4nccn4c23)NC(=O)C1F. The number of aromatic nitrogens is 2. The summed E-state index contributed by atoms with van der Waals surface area (Å²) in [5, 5.41) is 2.74. The number of benzene rings is 1. The van der Waals surface area contributed by atoms with Crippen LogP contribution in [-0.2, 0) is 4.79 Å². The molecule has 2 amide bonds. The lowest BCUT2D eigenvalue weighted by molar-refractivity contribution is -0.123. The topological polar surface area (TPSA) is 98.7 Å². The number of fused-ring (bicyclic) bond motifs is 3. The summed E-state index contributed by atoms with van der Waals surface area (Å²) >= 11 is 0. The normalized spacial score (nSPS) is 22.0. The van der Waals surface area contributed by atoms with E-state index in [0.29, 0.717) is 17.7 Å². The molecule has 28 heavy (non-hydrogen) atoms. The minimum Gasteiger partial charge on any atom is -0.489 e. The molecular weight excluding hydrogens is 370 g/mol. The number of nitrogens with one attached hydrogen (secondary N) is 1. The zero-order chi connectivity index (χ0) is 20.0. The number of amides is 2. The second-order valence-corrected chi connectivity index (χ2v) is 6.75. The van der Waals surface area contributed by atoms with E-state index in [1.54, 1.807) is 13.1 Å². The summed E-state index contributed by atoms with van der Waals surface area (Å²) in [5.41, 5.74) is 6.13. The van der Waals surface area contributed by atoms with Gasteiger partial charge in [-0.1, -0.05) is 6.92 Å². The highest BCUT2D eigenvalue weighted by atomic mass is 19.1. The minimum absolute atomic E-state index is 0.0269. The van der Waals surface area contributed by atoms with Gasteiger partial charge in [0.2, 0.25) is 0 Å². The predicted molar refractivity (Wildman–Crippen MR) is 97.3 cm³/mol. The van der Waals surface area contributed by atoms with Gasteiger partial charge in [0.05, 0.1) is 17.1 Å². The molecule has 7 nitrogen and oxygen atoms in total. The average molecular weight is 388 g/mol. The van der Waals surface area contributed by atoms with Crippen molar-refractivity contribution in [1.29, 1.82) is 0 Å². The molecule has 4 rings (SSSR count). The van der Waals surface area contributed by atoms with Crippen LogP contribution in [-0.4, -0.2) is 40.0 Å². The molecule has 3 atom stereocenters. The van der Waals surface area contributed by atoms with Crippen LogP contribution >= 0.6 is 0 Å². The predicted octanol–water partition coefficient (Wildman–Crippen LogP) is 1.97. The molecule has 0 aliphatic carbocycles. The van der Waals surface area contributed by atoms with Crippen LogP contribution < -0.4 is 15.8 Å². The molecule has 3 N–H and O–H groups in total. The van der Waals surface area contributed by atoms with Gasteiger partial charge >= 0.3 is 0 Å². The number of ether oxygens (including phenoxy) is 1. The van der Waals surface area contributed by atoms with Crippen LogP contribution in [0.5, 0.6) is 5.75 Å². The first kappa shape index (κ1) is 18.1. The number of rotatable bonds is 5. The Kier molecular flexibility index (Phi) is 4.37. The van der Waals surface area contributed by atoms with E-state index in [1.165, 1.54) is 28.8 Å². The fourth-order valence-electron chi connectivity index (χ4n) is 3.74. The van der Waals surface area contributed by atoms with Gasteiger partial charge in [0.15, 0.2) is 6.17 Å². The van der Waals surface area contributed by atoms with E-state index in [4.69, 9.17) is 10.5 Å². The molecule has 1 aromatic carbocycles. The molecule has 1 saturated heterocycles. The van der Waals surface area contributed by atoms with E-state index in [-0.39, 0.29) is 23.2 Å². The van der Waals surface area contributed by atoms with Crippen molar-refractivity contribution in [3.8, 4) is 5.75 Å². The van der Waals surface area contributed by atoms with Crippen molar-refractivity contribution >= 4 is 28.4 Å². The van der Waals surface area contributed by atoms with E-state index in [2.05, 4.69) is 10.3 Å². The summed E-state index contributed by atoms with van der Waals surface area (Å²) in [6.45, 7) is 1.83. The lowest BCUT2D eigenvalue weighted by atomic mass is 9.97. The van der Waals surface area contributed by atoms with Gasteiger partial charge in [-0.25, -0.2) is 13.8 Å². The van der Waals surface area contributed by atoms with Crippen molar-refractivity contribution in [3.05, 3.63) is 42.0 Å². The fraction of sp³-hybridized carbons (Fsp3) is 0.316. The van der Waals surface area contributed by atoms with Gasteiger partial charge in [-0.05, 0) is 24.6 Å². The second-order valence-electron chi connectivity index (χ2n) is 6.75. The van der Waals surface area contributed by atoms with Crippen molar-refractivity contribution in [2.24, 2.45) is 11.7 Å². The maximum absolute atomic E-state index is 14.5. The van der Waals surface area contributed by atoms with Gasteiger partial charge in [0.1, 0.15) is 23.8 Å². The Labute approximate surface area is 158 Å². The van der Waals surface area contributed by atoms with Crippen LogP contribution in [0.4, 0.5) is 8.78 Å². The highest BCUT2D eigenvalue weighted by molar-refractivity contribution is 6.03. The molecule has 2 aromatic heterocycles. The van der Waals surface area contributed by atoms with Crippen LogP contribution in [0.3, 0.4) is 0 Å². The number of primary amides is 1. The van der Waals surface area contributed by atoms with Gasteiger partial charge in [-0.2, -0.15) is 0 Å². The van der Waals surface area contributed by atoms with Gasteiger partial charge in [-0.15, -0.1) is 0 Å². The van der Waals surface area contributed by atoms with Crippen molar-refractivity contribution in [3.63, 3.8) is 0 Å². The lowest BCUT2D eigenvalue weighted by Crippen LogP contribution is -2.34. The van der Waals surface area contributed by atoms with Gasteiger partial charge in [0.25, 0.3) is 11.8 Å². The Balaban J connectivity index is 1.76.